The van der Waals surface area contributed by atoms with Gasteiger partial charge in [-0.3, -0.25) is 0 Å². The Labute approximate surface area is 109 Å². The Kier molecular flexibility index (Phi) is 4.58. The van der Waals surface area contributed by atoms with Gasteiger partial charge in [-0.1, -0.05) is 32.1 Å². The Hall–Kier alpha value is -1.56. The third kappa shape index (κ3) is 3.46. The number of aryl methyl sites for hydroxylation is 1. The summed E-state index contributed by atoms with van der Waals surface area (Å²) >= 11 is 0. The van der Waals surface area contributed by atoms with Gasteiger partial charge >= 0.3 is 0 Å². The van der Waals surface area contributed by atoms with Crippen LogP contribution in [0.15, 0.2) is 12.1 Å². The highest BCUT2D eigenvalue weighted by molar-refractivity contribution is 5.52. The average molecular weight is 243 g/mol. The second kappa shape index (κ2) is 6.39. The van der Waals surface area contributed by atoms with E-state index < -0.39 is 0 Å². The summed E-state index contributed by atoms with van der Waals surface area (Å²) in [6, 6.07) is 5.90. The number of hydrogen-bond acceptors (Lipinski definition) is 3. The van der Waals surface area contributed by atoms with Crippen molar-refractivity contribution in [3.05, 3.63) is 23.4 Å². The van der Waals surface area contributed by atoms with Gasteiger partial charge in [0.15, 0.2) is 0 Å². The van der Waals surface area contributed by atoms with Crippen LogP contribution in [-0.4, -0.2) is 11.5 Å². The molecule has 0 radical (unpaired) electrons. The maximum atomic E-state index is 9.03. The highest BCUT2D eigenvalue weighted by Crippen LogP contribution is 2.26. The summed E-state index contributed by atoms with van der Waals surface area (Å²) in [5.41, 5.74) is 1.60. The van der Waals surface area contributed by atoms with E-state index in [0.717, 1.165) is 24.0 Å². The number of anilines is 1. The Bertz CT molecular complexity index is 428. The van der Waals surface area contributed by atoms with Gasteiger partial charge in [-0.05, 0) is 31.4 Å². The van der Waals surface area contributed by atoms with Crippen molar-refractivity contribution in [1.82, 2.24) is 4.98 Å². The first kappa shape index (κ1) is 12.9. The minimum atomic E-state index is 0.643. The zero-order chi connectivity index (χ0) is 12.8. The summed E-state index contributed by atoms with van der Waals surface area (Å²) in [5.74, 6) is 1.61. The van der Waals surface area contributed by atoms with Gasteiger partial charge in [0, 0.05) is 12.2 Å². The minimum absolute atomic E-state index is 0.643. The standard InChI is InChI=1S/C15H21N3/c1-12-7-8-14(11-16)15(18-12)17-10-9-13-5-3-2-4-6-13/h7-8,13H,2-6,9-10H2,1H3,(H,17,18). The van der Waals surface area contributed by atoms with Crippen LogP contribution in [0.3, 0.4) is 0 Å². The SMILES string of the molecule is Cc1ccc(C#N)c(NCCC2CCCCC2)n1. The molecule has 2 rings (SSSR count). The Balaban J connectivity index is 1.86. The Morgan fingerprint density at radius 2 is 2.11 bits per heavy atom. The number of nitriles is 1. The molecule has 96 valence electrons. The summed E-state index contributed by atoms with van der Waals surface area (Å²) in [7, 11) is 0. The second-order valence-corrected chi connectivity index (χ2v) is 5.18. The summed E-state index contributed by atoms with van der Waals surface area (Å²) in [6.45, 7) is 2.88. The van der Waals surface area contributed by atoms with Crippen LogP contribution in [0, 0.1) is 24.2 Å². The van der Waals surface area contributed by atoms with E-state index in [1.165, 1.54) is 38.5 Å². The predicted octanol–water partition coefficient (Wildman–Crippen LogP) is 3.64. The number of nitrogens with zero attached hydrogens (tertiary/aromatic N) is 2. The fraction of sp³-hybridized carbons (Fsp3) is 0.600. The lowest BCUT2D eigenvalue weighted by Crippen LogP contribution is -2.13. The normalized spacial score (nSPS) is 16.2. The molecule has 18 heavy (non-hydrogen) atoms. The molecule has 0 amide bonds. The molecule has 0 aliphatic heterocycles. The fourth-order valence-corrected chi connectivity index (χ4v) is 2.65. The zero-order valence-corrected chi connectivity index (χ0v) is 11.1. The molecule has 1 saturated carbocycles. The topological polar surface area (TPSA) is 48.7 Å². The lowest BCUT2D eigenvalue weighted by molar-refractivity contribution is 0.345. The highest BCUT2D eigenvalue weighted by atomic mass is 15.0. The zero-order valence-electron chi connectivity index (χ0n) is 11.1. The van der Waals surface area contributed by atoms with Crippen LogP contribution in [0.25, 0.3) is 0 Å². The number of rotatable bonds is 4. The number of pyridine rings is 1. The van der Waals surface area contributed by atoms with Crippen molar-refractivity contribution in [3.63, 3.8) is 0 Å². The smallest absolute Gasteiger partial charge is 0.144 e. The van der Waals surface area contributed by atoms with E-state index in [-0.39, 0.29) is 0 Å². The van der Waals surface area contributed by atoms with Gasteiger partial charge in [0.2, 0.25) is 0 Å². The first-order valence-electron chi connectivity index (χ1n) is 6.91. The predicted molar refractivity (Wildman–Crippen MR) is 73.4 cm³/mol. The van der Waals surface area contributed by atoms with E-state index in [1.807, 2.05) is 19.1 Å². The van der Waals surface area contributed by atoms with Gasteiger partial charge < -0.3 is 5.32 Å². The van der Waals surface area contributed by atoms with Crippen molar-refractivity contribution in [2.75, 3.05) is 11.9 Å². The molecule has 0 spiro atoms. The fourth-order valence-electron chi connectivity index (χ4n) is 2.65. The molecule has 1 aliphatic carbocycles. The minimum Gasteiger partial charge on any atom is -0.369 e. The van der Waals surface area contributed by atoms with E-state index in [1.54, 1.807) is 0 Å². The monoisotopic (exact) mass is 243 g/mol. The van der Waals surface area contributed by atoms with Crippen molar-refractivity contribution >= 4 is 5.82 Å². The molecular formula is C15H21N3. The van der Waals surface area contributed by atoms with Crippen LogP contribution in [0.4, 0.5) is 5.82 Å². The van der Waals surface area contributed by atoms with E-state index in [4.69, 9.17) is 5.26 Å². The lowest BCUT2D eigenvalue weighted by Gasteiger charge is -2.21. The maximum absolute atomic E-state index is 9.03. The van der Waals surface area contributed by atoms with Gasteiger partial charge in [-0.25, -0.2) is 4.98 Å². The summed E-state index contributed by atoms with van der Waals surface area (Å²) in [6.07, 6.45) is 8.11. The van der Waals surface area contributed by atoms with Crippen LogP contribution in [0.2, 0.25) is 0 Å². The van der Waals surface area contributed by atoms with Gasteiger partial charge in [0.25, 0.3) is 0 Å². The molecule has 1 heterocycles. The third-order valence-electron chi connectivity index (χ3n) is 3.72. The molecule has 1 N–H and O–H groups in total. The van der Waals surface area contributed by atoms with Crippen molar-refractivity contribution in [2.24, 2.45) is 5.92 Å². The molecule has 0 unspecified atom stereocenters. The third-order valence-corrected chi connectivity index (χ3v) is 3.72. The number of aromatic nitrogens is 1. The molecule has 0 aromatic carbocycles. The van der Waals surface area contributed by atoms with Crippen molar-refractivity contribution in [3.8, 4) is 6.07 Å². The Morgan fingerprint density at radius 1 is 1.33 bits per heavy atom. The molecule has 0 bridgehead atoms. The second-order valence-electron chi connectivity index (χ2n) is 5.18. The first-order valence-corrected chi connectivity index (χ1v) is 6.91. The summed E-state index contributed by atoms with van der Waals surface area (Å²) < 4.78 is 0. The van der Waals surface area contributed by atoms with Crippen LogP contribution in [-0.2, 0) is 0 Å². The van der Waals surface area contributed by atoms with Crippen molar-refractivity contribution in [2.45, 2.75) is 45.4 Å². The first-order chi connectivity index (χ1) is 8.79. The molecule has 0 atom stereocenters. The highest BCUT2D eigenvalue weighted by Gasteiger charge is 2.13. The van der Waals surface area contributed by atoms with Crippen LogP contribution >= 0.6 is 0 Å². The largest absolute Gasteiger partial charge is 0.369 e. The van der Waals surface area contributed by atoms with E-state index in [0.29, 0.717) is 5.56 Å². The average Bonchev–Trinajstić information content (AvgIpc) is 2.40. The van der Waals surface area contributed by atoms with Crippen molar-refractivity contribution in [1.29, 1.82) is 5.26 Å². The van der Waals surface area contributed by atoms with E-state index in [2.05, 4.69) is 16.4 Å². The van der Waals surface area contributed by atoms with Crippen LogP contribution < -0.4 is 5.32 Å². The summed E-state index contributed by atoms with van der Waals surface area (Å²) in [5, 5.41) is 12.3. The van der Waals surface area contributed by atoms with Gasteiger partial charge in [0.05, 0.1) is 5.56 Å². The molecule has 1 fully saturated rings. The molecule has 1 aliphatic rings. The molecular weight excluding hydrogens is 222 g/mol. The molecule has 3 heteroatoms. The van der Waals surface area contributed by atoms with Crippen LogP contribution in [0.5, 0.6) is 0 Å². The molecule has 3 nitrogen and oxygen atoms in total. The van der Waals surface area contributed by atoms with Crippen molar-refractivity contribution < 1.29 is 0 Å². The number of hydrogen-bond donors (Lipinski definition) is 1. The molecule has 1 aromatic heterocycles. The maximum Gasteiger partial charge on any atom is 0.144 e. The molecule has 1 aromatic rings. The summed E-state index contributed by atoms with van der Waals surface area (Å²) in [4.78, 5) is 4.39. The van der Waals surface area contributed by atoms with Gasteiger partial charge in [0.1, 0.15) is 11.9 Å². The lowest BCUT2D eigenvalue weighted by atomic mass is 9.87. The van der Waals surface area contributed by atoms with E-state index >= 15 is 0 Å². The van der Waals surface area contributed by atoms with E-state index in [9.17, 15) is 0 Å². The molecule has 0 saturated heterocycles. The Morgan fingerprint density at radius 3 is 2.83 bits per heavy atom. The van der Waals surface area contributed by atoms with Gasteiger partial charge in [-0.2, -0.15) is 5.26 Å². The quantitative estimate of drug-likeness (QED) is 0.878. The van der Waals surface area contributed by atoms with Gasteiger partial charge in [-0.15, -0.1) is 0 Å². The van der Waals surface area contributed by atoms with Crippen LogP contribution in [0.1, 0.15) is 49.8 Å². The number of nitrogens with one attached hydrogen (secondary N) is 1.